The normalized spacial score (nSPS) is 11.8. The average molecular weight is 273 g/mol. The smallest absolute Gasteiger partial charge is 0.307 e. The van der Waals surface area contributed by atoms with Crippen molar-refractivity contribution in [2.45, 2.75) is 19.4 Å². The van der Waals surface area contributed by atoms with Crippen LogP contribution in [0.2, 0.25) is 0 Å². The van der Waals surface area contributed by atoms with E-state index in [0.717, 1.165) is 0 Å². The van der Waals surface area contributed by atoms with Crippen LogP contribution >= 0.6 is 0 Å². The Hall–Kier alpha value is -2.63. The topological polar surface area (TPSA) is 84.2 Å². The van der Waals surface area contributed by atoms with Crippen molar-refractivity contribution in [1.82, 2.24) is 9.78 Å². The Morgan fingerprint density at radius 2 is 2.05 bits per heavy atom. The highest BCUT2D eigenvalue weighted by molar-refractivity contribution is 5.93. The van der Waals surface area contributed by atoms with Crippen LogP contribution in [0.15, 0.2) is 42.7 Å². The number of amides is 1. The number of benzene rings is 1. The Kier molecular flexibility index (Phi) is 4.14. The largest absolute Gasteiger partial charge is 0.481 e. The number of anilines is 1. The molecule has 1 aromatic heterocycles. The maximum absolute atomic E-state index is 12.0. The lowest BCUT2D eigenvalue weighted by Gasteiger charge is -2.12. The fourth-order valence-corrected chi connectivity index (χ4v) is 1.76. The molecule has 0 fully saturated rings. The molecule has 0 aliphatic carbocycles. The molecule has 0 radical (unpaired) electrons. The quantitative estimate of drug-likeness (QED) is 0.868. The minimum atomic E-state index is -0.880. The Morgan fingerprint density at radius 3 is 2.60 bits per heavy atom. The first-order valence-electron chi connectivity index (χ1n) is 6.17. The first-order valence-corrected chi connectivity index (χ1v) is 6.17. The van der Waals surface area contributed by atoms with E-state index in [1.54, 1.807) is 54.3 Å². The van der Waals surface area contributed by atoms with Crippen LogP contribution in [0.4, 0.5) is 5.69 Å². The number of carbonyl (C=O) groups is 2. The molecule has 1 amide bonds. The molecule has 2 aromatic rings. The van der Waals surface area contributed by atoms with Crippen LogP contribution in [0.3, 0.4) is 0 Å². The molecule has 1 unspecified atom stereocenters. The fourth-order valence-electron chi connectivity index (χ4n) is 1.76. The van der Waals surface area contributed by atoms with Crippen molar-refractivity contribution >= 4 is 17.6 Å². The van der Waals surface area contributed by atoms with Crippen LogP contribution in [-0.2, 0) is 16.0 Å². The zero-order valence-electron chi connectivity index (χ0n) is 11.0. The average Bonchev–Trinajstić information content (AvgIpc) is 2.93. The van der Waals surface area contributed by atoms with Gasteiger partial charge in [-0.3, -0.25) is 14.3 Å². The van der Waals surface area contributed by atoms with E-state index in [0.29, 0.717) is 11.3 Å². The standard InChI is InChI=1S/C14H15N3O3/c1-10(17-8-2-7-15-17)14(20)16-12-5-3-11(4-6-12)9-13(18)19/h2-8,10H,9H2,1H3,(H,16,20)(H,18,19). The van der Waals surface area contributed by atoms with E-state index in [9.17, 15) is 9.59 Å². The van der Waals surface area contributed by atoms with Crippen LogP contribution in [0.1, 0.15) is 18.5 Å². The SMILES string of the molecule is CC(C(=O)Nc1ccc(CC(=O)O)cc1)n1cccn1. The zero-order chi connectivity index (χ0) is 14.5. The van der Waals surface area contributed by atoms with Crippen molar-refractivity contribution < 1.29 is 14.7 Å². The predicted molar refractivity (Wildman–Crippen MR) is 73.3 cm³/mol. The lowest BCUT2D eigenvalue weighted by molar-refractivity contribution is -0.136. The van der Waals surface area contributed by atoms with E-state index in [1.807, 2.05) is 0 Å². The molecule has 2 N–H and O–H groups in total. The first kappa shape index (κ1) is 13.8. The predicted octanol–water partition coefficient (Wildman–Crippen LogP) is 1.71. The van der Waals surface area contributed by atoms with Gasteiger partial charge in [0.15, 0.2) is 0 Å². The molecule has 0 saturated carbocycles. The van der Waals surface area contributed by atoms with E-state index >= 15 is 0 Å². The summed E-state index contributed by atoms with van der Waals surface area (Å²) in [5, 5.41) is 15.5. The van der Waals surface area contributed by atoms with Gasteiger partial charge >= 0.3 is 5.97 Å². The van der Waals surface area contributed by atoms with Crippen molar-refractivity contribution in [2.75, 3.05) is 5.32 Å². The van der Waals surface area contributed by atoms with E-state index in [2.05, 4.69) is 10.4 Å². The Bertz CT molecular complexity index is 591. The summed E-state index contributed by atoms with van der Waals surface area (Å²) in [4.78, 5) is 22.6. The second kappa shape index (κ2) is 6.01. The van der Waals surface area contributed by atoms with E-state index < -0.39 is 12.0 Å². The number of rotatable bonds is 5. The number of carboxylic acids is 1. The monoisotopic (exact) mass is 273 g/mol. The second-order valence-electron chi connectivity index (χ2n) is 4.42. The van der Waals surface area contributed by atoms with Gasteiger partial charge in [0.1, 0.15) is 6.04 Å². The number of nitrogens with zero attached hydrogens (tertiary/aromatic N) is 2. The molecule has 0 bridgehead atoms. The highest BCUT2D eigenvalue weighted by atomic mass is 16.4. The van der Waals surface area contributed by atoms with Crippen LogP contribution in [0.25, 0.3) is 0 Å². The third-order valence-corrected chi connectivity index (χ3v) is 2.88. The van der Waals surface area contributed by atoms with E-state index in [4.69, 9.17) is 5.11 Å². The van der Waals surface area contributed by atoms with Gasteiger partial charge in [0.25, 0.3) is 0 Å². The van der Waals surface area contributed by atoms with Gasteiger partial charge in [-0.2, -0.15) is 5.10 Å². The lowest BCUT2D eigenvalue weighted by Crippen LogP contribution is -2.23. The third kappa shape index (κ3) is 3.44. The Labute approximate surface area is 116 Å². The first-order chi connectivity index (χ1) is 9.56. The molecule has 1 heterocycles. The van der Waals surface area contributed by atoms with Crippen LogP contribution in [0, 0.1) is 0 Å². The number of hydrogen-bond donors (Lipinski definition) is 2. The Balaban J connectivity index is 1.99. The van der Waals surface area contributed by atoms with Gasteiger partial charge < -0.3 is 10.4 Å². The van der Waals surface area contributed by atoms with Crippen molar-refractivity contribution in [1.29, 1.82) is 0 Å². The molecule has 104 valence electrons. The fraction of sp³-hybridized carbons (Fsp3) is 0.214. The van der Waals surface area contributed by atoms with Crippen molar-refractivity contribution in [2.24, 2.45) is 0 Å². The molecule has 6 nitrogen and oxygen atoms in total. The number of aromatic nitrogens is 2. The van der Waals surface area contributed by atoms with Gasteiger partial charge in [0.05, 0.1) is 6.42 Å². The van der Waals surface area contributed by atoms with Gasteiger partial charge in [-0.25, -0.2) is 0 Å². The molecule has 0 aliphatic rings. The molecule has 0 spiro atoms. The van der Waals surface area contributed by atoms with Gasteiger partial charge in [-0.15, -0.1) is 0 Å². The third-order valence-electron chi connectivity index (χ3n) is 2.88. The molecule has 1 atom stereocenters. The molecular formula is C14H15N3O3. The molecule has 6 heteroatoms. The molecule has 0 saturated heterocycles. The highest BCUT2D eigenvalue weighted by Crippen LogP contribution is 2.13. The minimum absolute atomic E-state index is 0.0298. The molecule has 2 rings (SSSR count). The second-order valence-corrected chi connectivity index (χ2v) is 4.42. The van der Waals surface area contributed by atoms with Crippen molar-refractivity contribution in [3.8, 4) is 0 Å². The summed E-state index contributed by atoms with van der Waals surface area (Å²) >= 11 is 0. The summed E-state index contributed by atoms with van der Waals surface area (Å²) in [6.45, 7) is 1.75. The summed E-state index contributed by atoms with van der Waals surface area (Å²) in [6, 6.07) is 8.08. The maximum atomic E-state index is 12.0. The lowest BCUT2D eigenvalue weighted by atomic mass is 10.1. The Morgan fingerprint density at radius 1 is 1.35 bits per heavy atom. The summed E-state index contributed by atoms with van der Waals surface area (Å²) in [5.41, 5.74) is 1.32. The maximum Gasteiger partial charge on any atom is 0.307 e. The molecule has 1 aromatic carbocycles. The number of nitrogens with one attached hydrogen (secondary N) is 1. The van der Waals surface area contributed by atoms with Gasteiger partial charge in [0.2, 0.25) is 5.91 Å². The minimum Gasteiger partial charge on any atom is -0.481 e. The van der Waals surface area contributed by atoms with Gasteiger partial charge in [-0.05, 0) is 30.7 Å². The van der Waals surface area contributed by atoms with Crippen LogP contribution in [-0.4, -0.2) is 26.8 Å². The summed E-state index contributed by atoms with van der Waals surface area (Å²) in [7, 11) is 0. The molecule has 0 aliphatic heterocycles. The number of hydrogen-bond acceptors (Lipinski definition) is 3. The van der Waals surface area contributed by atoms with Crippen LogP contribution in [0.5, 0.6) is 0 Å². The molecule has 20 heavy (non-hydrogen) atoms. The van der Waals surface area contributed by atoms with Crippen LogP contribution < -0.4 is 5.32 Å². The number of carboxylic acid groups (broad SMARTS) is 1. The summed E-state index contributed by atoms with van der Waals surface area (Å²) < 4.78 is 1.56. The number of carbonyl (C=O) groups excluding carboxylic acids is 1. The van der Waals surface area contributed by atoms with Crippen molar-refractivity contribution in [3.05, 3.63) is 48.3 Å². The highest BCUT2D eigenvalue weighted by Gasteiger charge is 2.14. The van der Waals surface area contributed by atoms with E-state index in [1.165, 1.54) is 0 Å². The number of aliphatic carboxylic acids is 1. The van der Waals surface area contributed by atoms with E-state index in [-0.39, 0.29) is 12.3 Å². The van der Waals surface area contributed by atoms with Gasteiger partial charge in [-0.1, -0.05) is 12.1 Å². The summed E-state index contributed by atoms with van der Waals surface area (Å²) in [5.74, 6) is -1.06. The van der Waals surface area contributed by atoms with Gasteiger partial charge in [0, 0.05) is 18.1 Å². The molecular weight excluding hydrogens is 258 g/mol. The zero-order valence-corrected chi connectivity index (χ0v) is 11.0. The summed E-state index contributed by atoms with van der Waals surface area (Å²) in [6.07, 6.45) is 3.31. The van der Waals surface area contributed by atoms with Crippen molar-refractivity contribution in [3.63, 3.8) is 0 Å².